The van der Waals surface area contributed by atoms with Gasteiger partial charge in [-0.3, -0.25) is 4.98 Å². The lowest BCUT2D eigenvalue weighted by molar-refractivity contribution is 1.18. The maximum atomic E-state index is 5.40. The fraction of sp³-hybridized carbons (Fsp3) is 0.0175. The number of nitrogens with zero attached hydrogens (tertiary/aromatic N) is 4. The Hall–Kier alpha value is -8.08. The van der Waals surface area contributed by atoms with Gasteiger partial charge in [0.15, 0.2) is 5.82 Å². The molecule has 0 unspecified atom stereocenters. The van der Waals surface area contributed by atoms with Gasteiger partial charge in [0.05, 0.1) is 28.1 Å². The fourth-order valence-corrected chi connectivity index (χ4v) is 8.44. The van der Waals surface area contributed by atoms with E-state index in [1.165, 1.54) is 27.5 Å². The van der Waals surface area contributed by atoms with Gasteiger partial charge >= 0.3 is 0 Å². The molecule has 8 aromatic carbocycles. The Labute approximate surface area is 354 Å². The highest BCUT2D eigenvalue weighted by Gasteiger charge is 2.17. The molecule has 0 spiro atoms. The first-order valence-electron chi connectivity index (χ1n) is 20.6. The first kappa shape index (κ1) is 36.0. The lowest BCUT2D eigenvalue weighted by atomic mass is 9.92. The number of pyridine rings is 2. The summed E-state index contributed by atoms with van der Waals surface area (Å²) in [5.41, 5.74) is 16.3. The van der Waals surface area contributed by atoms with Crippen molar-refractivity contribution in [2.24, 2.45) is 0 Å². The fourth-order valence-electron chi connectivity index (χ4n) is 8.44. The second-order valence-electron chi connectivity index (χ2n) is 15.5. The highest BCUT2D eigenvalue weighted by molar-refractivity contribution is 6.12. The zero-order valence-corrected chi connectivity index (χ0v) is 33.5. The summed E-state index contributed by atoms with van der Waals surface area (Å²) in [5.74, 6) is 0.689. The molecule has 3 aromatic heterocycles. The first-order chi connectivity index (χ1) is 30.1. The van der Waals surface area contributed by atoms with Gasteiger partial charge in [-0.15, -0.1) is 0 Å². The highest BCUT2D eigenvalue weighted by Crippen LogP contribution is 2.39. The molecule has 0 N–H and O–H groups in total. The molecule has 0 amide bonds. The van der Waals surface area contributed by atoms with E-state index >= 15 is 0 Å². The average Bonchev–Trinajstić information content (AvgIpc) is 3.34. The minimum Gasteiger partial charge on any atom is -0.251 e. The minimum atomic E-state index is 0.689. The summed E-state index contributed by atoms with van der Waals surface area (Å²) in [6.45, 7) is 2.04. The van der Waals surface area contributed by atoms with E-state index in [0.29, 0.717) is 5.82 Å². The number of hydrogen-bond acceptors (Lipinski definition) is 4. The molecule has 0 radical (unpaired) electrons. The number of fused-ring (bicyclic) bond motifs is 4. The number of aryl methyl sites for hydroxylation is 1. The van der Waals surface area contributed by atoms with Crippen molar-refractivity contribution in [1.29, 1.82) is 0 Å². The Bertz CT molecular complexity index is 3410. The van der Waals surface area contributed by atoms with E-state index in [2.05, 4.69) is 188 Å². The lowest BCUT2D eigenvalue weighted by Gasteiger charge is -2.15. The van der Waals surface area contributed by atoms with Crippen molar-refractivity contribution >= 4 is 32.6 Å². The second-order valence-corrected chi connectivity index (χ2v) is 15.5. The number of aromatic nitrogens is 4. The molecular formula is C57H38N4. The van der Waals surface area contributed by atoms with Crippen LogP contribution >= 0.6 is 0 Å². The van der Waals surface area contributed by atoms with Crippen molar-refractivity contribution in [3.05, 3.63) is 218 Å². The molecule has 11 rings (SSSR count). The Morgan fingerprint density at radius 2 is 0.820 bits per heavy atom. The van der Waals surface area contributed by atoms with Crippen LogP contribution in [0.4, 0.5) is 0 Å². The maximum absolute atomic E-state index is 5.40. The Balaban J connectivity index is 1.02. The van der Waals surface area contributed by atoms with E-state index in [0.717, 1.165) is 83.5 Å². The van der Waals surface area contributed by atoms with Crippen LogP contribution in [0.25, 0.3) is 111 Å². The molecule has 3 heterocycles. The maximum Gasteiger partial charge on any atom is 0.160 e. The third-order valence-corrected chi connectivity index (χ3v) is 11.6. The van der Waals surface area contributed by atoms with Gasteiger partial charge in [-0.2, -0.15) is 0 Å². The third-order valence-electron chi connectivity index (χ3n) is 11.6. The van der Waals surface area contributed by atoms with Crippen LogP contribution in [0.2, 0.25) is 0 Å². The van der Waals surface area contributed by atoms with Gasteiger partial charge in [0, 0.05) is 38.7 Å². The van der Waals surface area contributed by atoms with Crippen LogP contribution in [0.5, 0.6) is 0 Å². The summed E-state index contributed by atoms with van der Waals surface area (Å²) in [6.07, 6.45) is 0. The number of hydrogen-bond donors (Lipinski definition) is 0. The van der Waals surface area contributed by atoms with Crippen molar-refractivity contribution in [2.45, 2.75) is 6.92 Å². The van der Waals surface area contributed by atoms with Crippen molar-refractivity contribution in [2.75, 3.05) is 0 Å². The van der Waals surface area contributed by atoms with Gasteiger partial charge < -0.3 is 0 Å². The van der Waals surface area contributed by atoms with Crippen LogP contribution in [0.1, 0.15) is 5.69 Å². The van der Waals surface area contributed by atoms with Crippen LogP contribution in [-0.2, 0) is 0 Å². The van der Waals surface area contributed by atoms with E-state index in [4.69, 9.17) is 19.9 Å². The van der Waals surface area contributed by atoms with Gasteiger partial charge in [-0.25, -0.2) is 15.0 Å². The normalized spacial score (nSPS) is 11.4. The molecule has 0 aliphatic heterocycles. The summed E-state index contributed by atoms with van der Waals surface area (Å²) in [6, 6.07) is 74.7. The van der Waals surface area contributed by atoms with E-state index < -0.39 is 0 Å². The third kappa shape index (κ3) is 6.90. The van der Waals surface area contributed by atoms with Crippen LogP contribution < -0.4 is 0 Å². The zero-order valence-electron chi connectivity index (χ0n) is 33.5. The van der Waals surface area contributed by atoms with E-state index in [9.17, 15) is 0 Å². The van der Waals surface area contributed by atoms with E-state index in [1.807, 2.05) is 31.2 Å². The molecule has 0 aliphatic rings. The molecular weight excluding hydrogens is 741 g/mol. The second kappa shape index (κ2) is 15.3. The summed E-state index contributed by atoms with van der Waals surface area (Å²) < 4.78 is 0. The summed E-state index contributed by atoms with van der Waals surface area (Å²) >= 11 is 0. The van der Waals surface area contributed by atoms with Crippen LogP contribution in [0, 0.1) is 6.92 Å². The molecule has 0 bridgehead atoms. The van der Waals surface area contributed by atoms with Gasteiger partial charge in [0.2, 0.25) is 0 Å². The van der Waals surface area contributed by atoms with Gasteiger partial charge in [0.1, 0.15) is 0 Å². The summed E-state index contributed by atoms with van der Waals surface area (Å²) in [7, 11) is 0. The van der Waals surface area contributed by atoms with Crippen LogP contribution in [-0.4, -0.2) is 19.9 Å². The van der Waals surface area contributed by atoms with Gasteiger partial charge in [0.25, 0.3) is 0 Å². The molecule has 0 saturated heterocycles. The molecule has 4 heteroatoms. The quantitative estimate of drug-likeness (QED) is 0.151. The van der Waals surface area contributed by atoms with Gasteiger partial charge in [-0.1, -0.05) is 182 Å². The van der Waals surface area contributed by atoms with Crippen molar-refractivity contribution in [3.8, 4) is 78.5 Å². The molecule has 4 nitrogen and oxygen atoms in total. The van der Waals surface area contributed by atoms with Crippen LogP contribution in [0.15, 0.2) is 212 Å². The average molecular weight is 779 g/mol. The first-order valence-corrected chi connectivity index (χ1v) is 20.6. The summed E-state index contributed by atoms with van der Waals surface area (Å²) in [4.78, 5) is 20.7. The number of benzene rings is 8. The largest absolute Gasteiger partial charge is 0.251 e. The predicted octanol–water partition coefficient (Wildman–Crippen LogP) is 14.7. The Morgan fingerprint density at radius 1 is 0.279 bits per heavy atom. The van der Waals surface area contributed by atoms with Crippen LogP contribution in [0.3, 0.4) is 0 Å². The van der Waals surface area contributed by atoms with Crippen molar-refractivity contribution < 1.29 is 0 Å². The highest BCUT2D eigenvalue weighted by atomic mass is 14.9. The molecule has 0 aliphatic carbocycles. The standard InChI is InChI=1S/C57H38N4/c1-37-25-26-42-31-32-50-51(49-24-12-18-40-15-8-9-23-48(40)49)35-52(59-56(50)55(42)58-37)46-21-10-19-44(33-46)45-20-11-22-47(34-45)54-36-53(60-57(61-54)43-16-6-3-7-17-43)41-29-27-39(28-30-41)38-13-4-2-5-14-38/h2-36H,1H3. The molecule has 61 heavy (non-hydrogen) atoms. The Morgan fingerprint density at radius 3 is 1.56 bits per heavy atom. The smallest absolute Gasteiger partial charge is 0.160 e. The predicted molar refractivity (Wildman–Crippen MR) is 253 cm³/mol. The minimum absolute atomic E-state index is 0.689. The molecule has 286 valence electrons. The SMILES string of the molecule is Cc1ccc2ccc3c(-c4cccc5ccccc45)cc(-c4cccc(-c5cccc(-c6cc(-c7ccc(-c8ccccc8)cc7)nc(-c7ccccc7)n6)c5)c4)nc3c2n1. The zero-order chi connectivity index (χ0) is 40.7. The van der Waals surface area contributed by atoms with Crippen molar-refractivity contribution in [1.82, 2.24) is 19.9 Å². The molecule has 0 fully saturated rings. The lowest BCUT2D eigenvalue weighted by Crippen LogP contribution is -1.96. The topological polar surface area (TPSA) is 51.6 Å². The van der Waals surface area contributed by atoms with Gasteiger partial charge in [-0.05, 0) is 81.4 Å². The molecule has 0 saturated carbocycles. The van der Waals surface area contributed by atoms with E-state index in [-0.39, 0.29) is 0 Å². The molecule has 0 atom stereocenters. The Kier molecular flexibility index (Phi) is 9.02. The number of rotatable bonds is 7. The monoisotopic (exact) mass is 778 g/mol. The summed E-state index contributed by atoms with van der Waals surface area (Å²) in [5, 5.41) is 4.57. The molecule has 11 aromatic rings. The van der Waals surface area contributed by atoms with Crippen molar-refractivity contribution in [3.63, 3.8) is 0 Å². The van der Waals surface area contributed by atoms with E-state index in [1.54, 1.807) is 0 Å².